The summed E-state index contributed by atoms with van der Waals surface area (Å²) >= 11 is 0. The first kappa shape index (κ1) is 20.0. The lowest BCUT2D eigenvalue weighted by molar-refractivity contribution is 0.0755. The molecule has 0 atom stereocenters. The fourth-order valence-corrected chi connectivity index (χ4v) is 3.56. The summed E-state index contributed by atoms with van der Waals surface area (Å²) in [5, 5.41) is 8.21. The van der Waals surface area contributed by atoms with Crippen LogP contribution in [0, 0.1) is 0 Å². The topological polar surface area (TPSA) is 67.2 Å². The lowest BCUT2D eigenvalue weighted by Gasteiger charge is -2.21. The van der Waals surface area contributed by atoms with Crippen LogP contribution >= 0.6 is 0 Å². The molecule has 0 N–H and O–H groups in total. The minimum atomic E-state index is -0.0482. The average molecular weight is 403 g/mol. The molecule has 3 heterocycles. The van der Waals surface area contributed by atoms with Crippen molar-refractivity contribution >= 4 is 12.0 Å². The Balaban J connectivity index is 1.30. The third-order valence-corrected chi connectivity index (χ3v) is 5.15. The minimum absolute atomic E-state index is 0.0482. The van der Waals surface area contributed by atoms with Crippen molar-refractivity contribution in [3.63, 3.8) is 0 Å². The Hall–Kier alpha value is -3.32. The molecule has 1 aliphatic heterocycles. The molecule has 2 aromatic heterocycles. The molecule has 0 spiro atoms. The second-order valence-corrected chi connectivity index (χ2v) is 7.38. The van der Waals surface area contributed by atoms with E-state index >= 15 is 0 Å². The molecule has 3 aromatic rings. The molecule has 1 fully saturated rings. The normalized spacial score (nSPS) is 15.4. The predicted molar refractivity (Wildman–Crippen MR) is 116 cm³/mol. The molecular weight excluding hydrogens is 376 g/mol. The second kappa shape index (κ2) is 9.93. The van der Waals surface area contributed by atoms with Crippen LogP contribution in [0.2, 0.25) is 0 Å². The number of carbonyl (C=O) groups excluding carboxylic acids is 1. The fraction of sp³-hybridized carbons (Fsp3) is 0.304. The highest BCUT2D eigenvalue weighted by atomic mass is 16.2. The number of hydrogen-bond acceptors (Lipinski definition) is 5. The minimum Gasteiger partial charge on any atom is -0.336 e. The van der Waals surface area contributed by atoms with Crippen molar-refractivity contribution in [3.05, 3.63) is 84.0 Å². The van der Waals surface area contributed by atoms with Crippen LogP contribution in [-0.4, -0.2) is 61.9 Å². The van der Waals surface area contributed by atoms with Crippen molar-refractivity contribution in [2.75, 3.05) is 26.2 Å². The van der Waals surface area contributed by atoms with Gasteiger partial charge in [-0.05, 0) is 24.1 Å². The van der Waals surface area contributed by atoms with Gasteiger partial charge in [0.25, 0.3) is 5.91 Å². The van der Waals surface area contributed by atoms with Crippen LogP contribution in [0.15, 0.2) is 67.0 Å². The van der Waals surface area contributed by atoms with E-state index in [4.69, 9.17) is 0 Å². The number of amides is 1. The zero-order valence-electron chi connectivity index (χ0n) is 17.0. The standard InChI is InChI=1S/C23H26N6O/c30-23(22-19-29(26-25-22)15-6-10-20-8-2-1-3-9-20)28-14-7-13-27(16-17-28)18-21-11-4-5-12-24-21/h1-6,8-12,19H,7,13-18H2. The summed E-state index contributed by atoms with van der Waals surface area (Å²) < 4.78 is 1.69. The molecule has 4 rings (SSSR count). The third kappa shape index (κ3) is 5.39. The van der Waals surface area contributed by atoms with Gasteiger partial charge in [-0.15, -0.1) is 5.10 Å². The first-order chi connectivity index (χ1) is 14.8. The summed E-state index contributed by atoms with van der Waals surface area (Å²) in [6.07, 6.45) is 8.54. The van der Waals surface area contributed by atoms with Gasteiger partial charge in [-0.1, -0.05) is 53.8 Å². The molecular formula is C23H26N6O. The van der Waals surface area contributed by atoms with Crippen LogP contribution < -0.4 is 0 Å². The van der Waals surface area contributed by atoms with E-state index in [-0.39, 0.29) is 5.91 Å². The Morgan fingerprint density at radius 2 is 1.87 bits per heavy atom. The summed E-state index contributed by atoms with van der Waals surface area (Å²) in [6, 6.07) is 16.1. The molecule has 0 unspecified atom stereocenters. The van der Waals surface area contributed by atoms with Gasteiger partial charge in [-0.3, -0.25) is 14.7 Å². The lowest BCUT2D eigenvalue weighted by Crippen LogP contribution is -2.35. The van der Waals surface area contributed by atoms with Crippen molar-refractivity contribution < 1.29 is 4.79 Å². The molecule has 0 radical (unpaired) electrons. The monoisotopic (exact) mass is 402 g/mol. The van der Waals surface area contributed by atoms with E-state index in [9.17, 15) is 4.79 Å². The van der Waals surface area contributed by atoms with E-state index in [0.29, 0.717) is 18.8 Å². The van der Waals surface area contributed by atoms with E-state index in [1.54, 1.807) is 10.9 Å². The predicted octanol–water partition coefficient (Wildman–Crippen LogP) is 2.73. The molecule has 0 bridgehead atoms. The molecule has 1 amide bonds. The molecule has 30 heavy (non-hydrogen) atoms. The van der Waals surface area contributed by atoms with Crippen LogP contribution in [-0.2, 0) is 13.1 Å². The second-order valence-electron chi connectivity index (χ2n) is 7.38. The van der Waals surface area contributed by atoms with Gasteiger partial charge in [0.2, 0.25) is 0 Å². The zero-order chi connectivity index (χ0) is 20.6. The smallest absolute Gasteiger partial charge is 0.276 e. The molecule has 0 saturated carbocycles. The van der Waals surface area contributed by atoms with Crippen molar-refractivity contribution in [3.8, 4) is 0 Å². The van der Waals surface area contributed by atoms with Gasteiger partial charge in [-0.25, -0.2) is 4.68 Å². The van der Waals surface area contributed by atoms with Crippen molar-refractivity contribution in [2.24, 2.45) is 0 Å². The SMILES string of the molecule is O=C(c1cn(CC=Cc2ccccc2)nn1)N1CCCN(Cc2ccccn2)CC1. The zero-order valence-corrected chi connectivity index (χ0v) is 17.0. The van der Waals surface area contributed by atoms with E-state index in [0.717, 1.165) is 43.9 Å². The highest BCUT2D eigenvalue weighted by Gasteiger charge is 2.22. The van der Waals surface area contributed by atoms with E-state index in [1.807, 2.05) is 71.8 Å². The van der Waals surface area contributed by atoms with Crippen molar-refractivity contribution in [2.45, 2.75) is 19.5 Å². The molecule has 0 aliphatic carbocycles. The molecule has 154 valence electrons. The van der Waals surface area contributed by atoms with Gasteiger partial charge in [-0.2, -0.15) is 0 Å². The molecule has 7 heteroatoms. The molecule has 7 nitrogen and oxygen atoms in total. The maximum atomic E-state index is 12.9. The lowest BCUT2D eigenvalue weighted by atomic mass is 10.2. The third-order valence-electron chi connectivity index (χ3n) is 5.15. The summed E-state index contributed by atoms with van der Waals surface area (Å²) in [7, 11) is 0. The number of rotatable bonds is 6. The van der Waals surface area contributed by atoms with Gasteiger partial charge in [0.15, 0.2) is 5.69 Å². The summed E-state index contributed by atoms with van der Waals surface area (Å²) in [5.74, 6) is -0.0482. The van der Waals surface area contributed by atoms with Gasteiger partial charge >= 0.3 is 0 Å². The van der Waals surface area contributed by atoms with Crippen LogP contribution in [0.3, 0.4) is 0 Å². The van der Waals surface area contributed by atoms with Crippen LogP contribution in [0.25, 0.3) is 6.08 Å². The Morgan fingerprint density at radius 3 is 2.70 bits per heavy atom. The Labute approximate surface area is 176 Å². The molecule has 1 aromatic carbocycles. The van der Waals surface area contributed by atoms with Crippen molar-refractivity contribution in [1.29, 1.82) is 0 Å². The molecule has 1 aliphatic rings. The highest BCUT2D eigenvalue weighted by molar-refractivity contribution is 5.91. The Morgan fingerprint density at radius 1 is 1.00 bits per heavy atom. The summed E-state index contributed by atoms with van der Waals surface area (Å²) in [4.78, 5) is 21.5. The van der Waals surface area contributed by atoms with E-state index in [1.165, 1.54) is 0 Å². The number of carbonyl (C=O) groups is 1. The van der Waals surface area contributed by atoms with Gasteiger partial charge < -0.3 is 4.90 Å². The number of aromatic nitrogens is 4. The summed E-state index contributed by atoms with van der Waals surface area (Å²) in [5.41, 5.74) is 2.60. The van der Waals surface area contributed by atoms with Gasteiger partial charge in [0, 0.05) is 38.9 Å². The fourth-order valence-electron chi connectivity index (χ4n) is 3.56. The van der Waals surface area contributed by atoms with Crippen LogP contribution in [0.1, 0.15) is 28.2 Å². The maximum absolute atomic E-state index is 12.9. The number of nitrogens with zero attached hydrogens (tertiary/aromatic N) is 6. The Kier molecular flexibility index (Phi) is 6.61. The van der Waals surface area contributed by atoms with Crippen molar-refractivity contribution in [1.82, 2.24) is 29.8 Å². The number of benzene rings is 1. The number of pyridine rings is 1. The first-order valence-corrected chi connectivity index (χ1v) is 10.3. The van der Waals surface area contributed by atoms with E-state index in [2.05, 4.69) is 20.2 Å². The maximum Gasteiger partial charge on any atom is 0.276 e. The van der Waals surface area contributed by atoms with Crippen LogP contribution in [0.4, 0.5) is 0 Å². The number of hydrogen-bond donors (Lipinski definition) is 0. The molecule has 1 saturated heterocycles. The first-order valence-electron chi connectivity index (χ1n) is 10.3. The quantitative estimate of drug-likeness (QED) is 0.634. The Bertz CT molecular complexity index is 970. The largest absolute Gasteiger partial charge is 0.336 e. The summed E-state index contributed by atoms with van der Waals surface area (Å²) in [6.45, 7) is 4.60. The van der Waals surface area contributed by atoms with Gasteiger partial charge in [0.05, 0.1) is 18.4 Å². The average Bonchev–Trinajstić information content (AvgIpc) is 3.13. The van der Waals surface area contributed by atoms with Gasteiger partial charge in [0.1, 0.15) is 0 Å². The number of allylic oxidation sites excluding steroid dienone is 1. The van der Waals surface area contributed by atoms with Crippen LogP contribution in [0.5, 0.6) is 0 Å². The highest BCUT2D eigenvalue weighted by Crippen LogP contribution is 2.10. The van der Waals surface area contributed by atoms with E-state index < -0.39 is 0 Å².